The van der Waals surface area contributed by atoms with E-state index >= 15 is 0 Å². The van der Waals surface area contributed by atoms with Gasteiger partial charge in [-0.2, -0.15) is 21.3 Å². The maximum absolute atomic E-state index is 12.5. The summed E-state index contributed by atoms with van der Waals surface area (Å²) in [4.78, 5) is 19.9. The summed E-state index contributed by atoms with van der Waals surface area (Å²) in [5.74, 6) is 0.492. The highest BCUT2D eigenvalue weighted by atomic mass is 16.2. The molecule has 216 valence electrons. The normalized spacial score (nSPS) is 17.1. The fraction of sp³-hybridized carbons (Fsp3) is 0.516. The maximum atomic E-state index is 12.5. The standard InChI is InChI=1S/C31H36N10O/c1-3-7-20(8-4-2)26-22(15-31(17-32,18-33)19-34)30(40-13-11-21(12-14-40)29(42)38-39-35)41-25-10-6-5-9-23(25)37-28(41)27(26)24-16-36-24/h5-6,9-10,20-21,24,36H,3-4,7-8,11-16H2,1-2H3,(H2,35,38,42)/t24-/m0/s1. The van der Waals surface area contributed by atoms with Gasteiger partial charge < -0.3 is 10.2 Å². The van der Waals surface area contributed by atoms with Crippen LogP contribution in [-0.4, -0.2) is 34.9 Å². The van der Waals surface area contributed by atoms with E-state index in [2.05, 4.69) is 39.1 Å². The number of pyridine rings is 1. The van der Waals surface area contributed by atoms with Crippen molar-refractivity contribution in [1.82, 2.24) is 20.1 Å². The molecule has 0 aliphatic carbocycles. The molecule has 2 saturated heterocycles. The van der Waals surface area contributed by atoms with Crippen LogP contribution in [0.4, 0.5) is 5.82 Å². The monoisotopic (exact) mass is 564 g/mol. The van der Waals surface area contributed by atoms with Crippen molar-refractivity contribution in [2.24, 2.45) is 16.6 Å². The van der Waals surface area contributed by atoms with Gasteiger partial charge in [0.2, 0.25) is 11.3 Å². The first kappa shape index (κ1) is 29.0. The van der Waals surface area contributed by atoms with E-state index < -0.39 is 5.41 Å². The highest BCUT2D eigenvalue weighted by Crippen LogP contribution is 2.46. The van der Waals surface area contributed by atoms with Crippen LogP contribution in [0.3, 0.4) is 0 Å². The number of para-hydroxylation sites is 2. The second-order valence-corrected chi connectivity index (χ2v) is 11.4. The molecule has 0 bridgehead atoms. The lowest BCUT2D eigenvalue weighted by atomic mass is 9.77. The number of nitrogens with zero attached hydrogens (tertiary/aromatic N) is 7. The lowest BCUT2D eigenvalue weighted by Gasteiger charge is -2.37. The number of nitrogens with one attached hydrogen (secondary N) is 3. The topological polar surface area (TPSA) is 179 Å². The summed E-state index contributed by atoms with van der Waals surface area (Å²) < 4.78 is 2.16. The van der Waals surface area contributed by atoms with Gasteiger partial charge in [0.05, 0.1) is 11.0 Å². The van der Waals surface area contributed by atoms with Crippen molar-refractivity contribution in [3.63, 3.8) is 0 Å². The highest BCUT2D eigenvalue weighted by Gasteiger charge is 2.41. The number of fused-ring (bicyclic) bond motifs is 3. The zero-order chi connectivity index (χ0) is 29.9. The molecule has 2 aliphatic rings. The third-order valence-corrected chi connectivity index (χ3v) is 8.68. The number of benzene rings is 1. The molecular weight excluding hydrogens is 528 g/mol. The van der Waals surface area contributed by atoms with Crippen LogP contribution in [0.5, 0.6) is 0 Å². The zero-order valence-corrected chi connectivity index (χ0v) is 24.2. The fourth-order valence-electron chi connectivity index (χ4n) is 6.63. The molecule has 3 aromatic rings. The van der Waals surface area contributed by atoms with Crippen molar-refractivity contribution in [3.8, 4) is 18.2 Å². The predicted octanol–water partition coefficient (Wildman–Crippen LogP) is 5.19. The molecule has 11 heteroatoms. The van der Waals surface area contributed by atoms with E-state index in [0.29, 0.717) is 25.9 Å². The van der Waals surface area contributed by atoms with Crippen LogP contribution in [0.1, 0.15) is 81.0 Å². The molecule has 0 radical (unpaired) electrons. The van der Waals surface area contributed by atoms with E-state index in [1.807, 2.05) is 42.5 Å². The minimum atomic E-state index is -1.85. The minimum absolute atomic E-state index is 0.0224. The van der Waals surface area contributed by atoms with Crippen LogP contribution in [-0.2, 0) is 11.2 Å². The van der Waals surface area contributed by atoms with Gasteiger partial charge in [-0.25, -0.2) is 10.4 Å². The Bertz CT molecular complexity index is 1580. The Kier molecular flexibility index (Phi) is 8.38. The van der Waals surface area contributed by atoms with E-state index in [0.717, 1.165) is 71.4 Å². The van der Waals surface area contributed by atoms with Crippen molar-refractivity contribution >= 4 is 28.4 Å². The number of aromatic nitrogens is 2. The number of carbonyl (C=O) groups excluding carboxylic acids is 1. The first-order valence-electron chi connectivity index (χ1n) is 14.8. The Morgan fingerprint density at radius 1 is 1.17 bits per heavy atom. The number of hydrogen-bond donors (Lipinski definition) is 3. The van der Waals surface area contributed by atoms with Gasteiger partial charge in [0.25, 0.3) is 0 Å². The van der Waals surface area contributed by atoms with Gasteiger partial charge in [-0.1, -0.05) is 44.0 Å². The van der Waals surface area contributed by atoms with Crippen LogP contribution in [0, 0.1) is 50.9 Å². The number of carbonyl (C=O) groups is 1. The molecule has 2 aliphatic heterocycles. The van der Waals surface area contributed by atoms with E-state index in [4.69, 9.17) is 10.5 Å². The Morgan fingerprint density at radius 2 is 1.81 bits per heavy atom. The molecule has 2 fully saturated rings. The summed E-state index contributed by atoms with van der Waals surface area (Å²) in [5, 5.41) is 37.0. The van der Waals surface area contributed by atoms with Crippen LogP contribution in [0.25, 0.3) is 16.7 Å². The van der Waals surface area contributed by atoms with Crippen LogP contribution >= 0.6 is 0 Å². The molecule has 42 heavy (non-hydrogen) atoms. The van der Waals surface area contributed by atoms with E-state index in [1.54, 1.807) is 0 Å². The van der Waals surface area contributed by atoms with Gasteiger partial charge >= 0.3 is 0 Å². The molecule has 1 amide bonds. The fourth-order valence-corrected chi connectivity index (χ4v) is 6.63. The number of amides is 1. The lowest BCUT2D eigenvalue weighted by molar-refractivity contribution is -0.125. The Hall–Kier alpha value is -4.53. The predicted molar refractivity (Wildman–Crippen MR) is 157 cm³/mol. The van der Waals surface area contributed by atoms with E-state index in [-0.39, 0.29) is 30.2 Å². The summed E-state index contributed by atoms with van der Waals surface area (Å²) >= 11 is 0. The lowest BCUT2D eigenvalue weighted by Crippen LogP contribution is -2.41. The molecule has 4 heterocycles. The summed E-state index contributed by atoms with van der Waals surface area (Å²) in [6.07, 6.45) is 4.92. The van der Waals surface area contributed by atoms with Gasteiger partial charge in [-0.05, 0) is 49.3 Å². The Morgan fingerprint density at radius 3 is 2.38 bits per heavy atom. The number of anilines is 1. The van der Waals surface area contributed by atoms with Gasteiger partial charge in [0, 0.05) is 49.1 Å². The Balaban J connectivity index is 1.84. The number of rotatable bonds is 11. The largest absolute Gasteiger partial charge is 0.357 e. The van der Waals surface area contributed by atoms with Gasteiger partial charge in [0.1, 0.15) is 29.7 Å². The third-order valence-electron chi connectivity index (χ3n) is 8.68. The average molecular weight is 565 g/mol. The molecule has 0 saturated carbocycles. The number of imidazole rings is 1. The van der Waals surface area contributed by atoms with Crippen molar-refractivity contribution < 1.29 is 4.79 Å². The SMILES string of the molecule is CCCC(CCC)c1c(CC(C#N)(C#N)C#N)c(N2CCC(C(=O)NN=N)CC2)n2c(nc3ccccc32)c1[C@@H]1CN1. The van der Waals surface area contributed by atoms with Crippen LogP contribution in [0.15, 0.2) is 29.5 Å². The molecule has 5 rings (SSSR count). The van der Waals surface area contributed by atoms with Gasteiger partial charge in [-0.3, -0.25) is 9.20 Å². The summed E-state index contributed by atoms with van der Waals surface area (Å²) in [6, 6.07) is 14.2. The molecule has 1 atom stereocenters. The van der Waals surface area contributed by atoms with Gasteiger partial charge in [-0.15, -0.1) is 0 Å². The molecule has 0 spiro atoms. The third kappa shape index (κ3) is 5.15. The summed E-state index contributed by atoms with van der Waals surface area (Å²) in [5.41, 5.74) is 13.1. The van der Waals surface area contributed by atoms with Crippen LogP contribution < -0.4 is 15.6 Å². The van der Waals surface area contributed by atoms with Gasteiger partial charge in [0.15, 0.2) is 0 Å². The first-order valence-corrected chi connectivity index (χ1v) is 14.8. The van der Waals surface area contributed by atoms with Crippen molar-refractivity contribution in [1.29, 1.82) is 21.3 Å². The molecular formula is C31H36N10O. The number of hydrogen-bond acceptors (Lipinski definition) is 9. The molecule has 3 N–H and O–H groups in total. The summed E-state index contributed by atoms with van der Waals surface area (Å²) in [7, 11) is 0. The smallest absolute Gasteiger partial charge is 0.244 e. The zero-order valence-electron chi connectivity index (χ0n) is 24.2. The maximum Gasteiger partial charge on any atom is 0.244 e. The quantitative estimate of drug-likeness (QED) is 0.163. The second-order valence-electron chi connectivity index (χ2n) is 11.4. The molecule has 0 unspecified atom stereocenters. The van der Waals surface area contributed by atoms with E-state index in [9.17, 15) is 20.6 Å². The molecule has 1 aromatic carbocycles. The van der Waals surface area contributed by atoms with Crippen molar-refractivity contribution in [2.75, 3.05) is 24.5 Å². The highest BCUT2D eigenvalue weighted by molar-refractivity contribution is 5.86. The van der Waals surface area contributed by atoms with E-state index in [1.165, 1.54) is 0 Å². The van der Waals surface area contributed by atoms with Crippen molar-refractivity contribution in [3.05, 3.63) is 41.0 Å². The second kappa shape index (κ2) is 12.1. The first-order chi connectivity index (χ1) is 20.4. The summed E-state index contributed by atoms with van der Waals surface area (Å²) in [6.45, 7) is 6.26. The Labute approximate surface area is 245 Å². The minimum Gasteiger partial charge on any atom is -0.357 e. The number of nitriles is 3. The van der Waals surface area contributed by atoms with Crippen LogP contribution in [0.2, 0.25) is 0 Å². The molecule has 11 nitrogen and oxygen atoms in total. The van der Waals surface area contributed by atoms with Crippen molar-refractivity contribution in [2.45, 2.75) is 70.8 Å². The average Bonchev–Trinajstić information content (AvgIpc) is 3.79. The number of piperidine rings is 1. The molecule has 2 aromatic heterocycles.